The lowest BCUT2D eigenvalue weighted by molar-refractivity contribution is -0.132. The summed E-state index contributed by atoms with van der Waals surface area (Å²) in [5.41, 5.74) is 0.931. The number of hydrogen-bond acceptors (Lipinski definition) is 5. The summed E-state index contributed by atoms with van der Waals surface area (Å²) in [6, 6.07) is 3.76. The molecule has 0 atom stereocenters. The largest absolute Gasteiger partial charge is 0.450 e. The molecular weight excluding hydrogens is 348 g/mol. The number of nitrogens with zero attached hydrogens (tertiary/aromatic N) is 3. The molecular formula is C19H28N4O4. The molecule has 0 radical (unpaired) electrons. The van der Waals surface area contributed by atoms with Crippen LogP contribution < -0.4 is 5.32 Å². The lowest BCUT2D eigenvalue weighted by Gasteiger charge is -2.37. The summed E-state index contributed by atoms with van der Waals surface area (Å²) in [4.78, 5) is 43.3. The third kappa shape index (κ3) is 6.54. The smallest absolute Gasteiger partial charge is 0.409 e. The van der Waals surface area contributed by atoms with Crippen molar-refractivity contribution in [2.75, 3.05) is 26.2 Å². The number of pyridine rings is 1. The first-order valence-electron chi connectivity index (χ1n) is 9.35. The molecule has 27 heavy (non-hydrogen) atoms. The third-order valence-corrected chi connectivity index (χ3v) is 4.63. The maximum absolute atomic E-state index is 12.1. The van der Waals surface area contributed by atoms with Crippen molar-refractivity contribution in [1.29, 1.82) is 0 Å². The highest BCUT2D eigenvalue weighted by Gasteiger charge is 2.28. The van der Waals surface area contributed by atoms with Gasteiger partial charge in [-0.05, 0) is 31.4 Å². The first-order chi connectivity index (χ1) is 13.0. The van der Waals surface area contributed by atoms with Crippen molar-refractivity contribution in [3.8, 4) is 0 Å². The van der Waals surface area contributed by atoms with Gasteiger partial charge in [-0.3, -0.25) is 14.6 Å². The topological polar surface area (TPSA) is 91.8 Å². The Morgan fingerprint density at radius 3 is 2.67 bits per heavy atom. The van der Waals surface area contributed by atoms with Gasteiger partial charge in [0, 0.05) is 58.0 Å². The van der Waals surface area contributed by atoms with E-state index >= 15 is 0 Å². The molecule has 1 aliphatic heterocycles. The summed E-state index contributed by atoms with van der Waals surface area (Å²) in [7, 11) is 0. The molecule has 1 saturated heterocycles. The van der Waals surface area contributed by atoms with Gasteiger partial charge in [0.25, 0.3) is 0 Å². The Morgan fingerprint density at radius 1 is 1.33 bits per heavy atom. The molecule has 0 unspecified atom stereocenters. The highest BCUT2D eigenvalue weighted by Crippen LogP contribution is 2.18. The Bertz CT molecular complexity index is 630. The van der Waals surface area contributed by atoms with Gasteiger partial charge in [0.15, 0.2) is 0 Å². The van der Waals surface area contributed by atoms with E-state index in [0.29, 0.717) is 45.6 Å². The number of amides is 3. The van der Waals surface area contributed by atoms with Gasteiger partial charge < -0.3 is 19.9 Å². The Kier molecular flexibility index (Phi) is 8.03. The Labute approximate surface area is 159 Å². The number of likely N-dealkylation sites (tertiary alicyclic amines) is 1. The van der Waals surface area contributed by atoms with Gasteiger partial charge in [0.05, 0.1) is 6.61 Å². The summed E-state index contributed by atoms with van der Waals surface area (Å²) < 4.78 is 5.02. The number of rotatable bonds is 7. The fourth-order valence-corrected chi connectivity index (χ4v) is 3.19. The van der Waals surface area contributed by atoms with Gasteiger partial charge in [0.1, 0.15) is 0 Å². The number of ether oxygens (including phenoxy) is 1. The van der Waals surface area contributed by atoms with Gasteiger partial charge in [-0.2, -0.15) is 0 Å². The predicted octanol–water partition coefficient (Wildman–Crippen LogP) is 1.56. The fourth-order valence-electron chi connectivity index (χ4n) is 3.19. The van der Waals surface area contributed by atoms with Gasteiger partial charge in [-0.1, -0.05) is 6.07 Å². The molecule has 0 aromatic carbocycles. The molecule has 0 saturated carbocycles. The minimum Gasteiger partial charge on any atom is -0.450 e. The van der Waals surface area contributed by atoms with E-state index in [4.69, 9.17) is 4.74 Å². The summed E-state index contributed by atoms with van der Waals surface area (Å²) in [5.74, 6) is -0.154. The van der Waals surface area contributed by atoms with Crippen LogP contribution in [0, 0.1) is 0 Å². The fraction of sp³-hybridized carbons (Fsp3) is 0.579. The quantitative estimate of drug-likeness (QED) is 0.780. The molecule has 1 aromatic heterocycles. The summed E-state index contributed by atoms with van der Waals surface area (Å²) >= 11 is 0. The van der Waals surface area contributed by atoms with Crippen LogP contribution in [0.1, 0.15) is 38.7 Å². The zero-order valence-electron chi connectivity index (χ0n) is 16.0. The van der Waals surface area contributed by atoms with E-state index in [1.807, 2.05) is 12.1 Å². The van der Waals surface area contributed by atoms with E-state index in [1.54, 1.807) is 29.1 Å². The maximum Gasteiger partial charge on any atom is 0.409 e. The van der Waals surface area contributed by atoms with Crippen molar-refractivity contribution >= 4 is 17.9 Å². The second kappa shape index (κ2) is 10.5. The van der Waals surface area contributed by atoms with Crippen molar-refractivity contribution in [3.63, 3.8) is 0 Å². The maximum atomic E-state index is 12.1. The normalized spacial score (nSPS) is 14.5. The van der Waals surface area contributed by atoms with Crippen molar-refractivity contribution in [3.05, 3.63) is 30.1 Å². The first kappa shape index (κ1) is 20.7. The standard InChI is InChI=1S/C19H28N4O4/c1-3-27-19(26)22-10-6-17(7-11-22)23(15(2)24)12-8-18(25)21-14-16-5-4-9-20-13-16/h4-5,9,13,17H,3,6-8,10-12,14H2,1-2H3,(H,21,25). The summed E-state index contributed by atoms with van der Waals surface area (Å²) in [6.45, 7) is 5.56. The van der Waals surface area contributed by atoms with Crippen molar-refractivity contribution in [2.45, 2.75) is 45.7 Å². The predicted molar refractivity (Wildman–Crippen MR) is 99.7 cm³/mol. The van der Waals surface area contributed by atoms with Crippen LogP contribution in [0.5, 0.6) is 0 Å². The molecule has 0 bridgehead atoms. The van der Waals surface area contributed by atoms with E-state index < -0.39 is 0 Å². The second-order valence-corrected chi connectivity index (χ2v) is 6.52. The number of hydrogen-bond donors (Lipinski definition) is 1. The average Bonchev–Trinajstić information content (AvgIpc) is 2.68. The van der Waals surface area contributed by atoms with E-state index in [1.165, 1.54) is 6.92 Å². The highest BCUT2D eigenvalue weighted by atomic mass is 16.6. The van der Waals surface area contributed by atoms with Crippen LogP contribution in [-0.2, 0) is 20.9 Å². The number of piperidine rings is 1. The molecule has 1 fully saturated rings. The molecule has 1 aromatic rings. The van der Waals surface area contributed by atoms with Gasteiger partial charge >= 0.3 is 6.09 Å². The first-order valence-corrected chi connectivity index (χ1v) is 9.35. The van der Waals surface area contributed by atoms with E-state index in [-0.39, 0.29) is 30.4 Å². The number of aromatic nitrogens is 1. The van der Waals surface area contributed by atoms with Gasteiger partial charge in [-0.25, -0.2) is 4.79 Å². The minimum atomic E-state index is -0.305. The van der Waals surface area contributed by atoms with Crippen LogP contribution >= 0.6 is 0 Å². The van der Waals surface area contributed by atoms with Crippen molar-refractivity contribution in [2.24, 2.45) is 0 Å². The monoisotopic (exact) mass is 376 g/mol. The van der Waals surface area contributed by atoms with Crippen LogP contribution in [0.15, 0.2) is 24.5 Å². The highest BCUT2D eigenvalue weighted by molar-refractivity contribution is 5.78. The van der Waals surface area contributed by atoms with Crippen LogP contribution in [0.3, 0.4) is 0 Å². The lowest BCUT2D eigenvalue weighted by atomic mass is 10.0. The summed E-state index contributed by atoms with van der Waals surface area (Å²) in [5, 5.41) is 2.85. The van der Waals surface area contributed by atoms with Gasteiger partial charge in [0.2, 0.25) is 11.8 Å². The average molecular weight is 376 g/mol. The van der Waals surface area contributed by atoms with Crippen LogP contribution in [-0.4, -0.2) is 65.0 Å². The molecule has 148 valence electrons. The Hall–Kier alpha value is -2.64. The SMILES string of the molecule is CCOC(=O)N1CCC(N(CCC(=O)NCc2cccnc2)C(C)=O)CC1. The zero-order chi connectivity index (χ0) is 19.6. The van der Waals surface area contributed by atoms with Crippen molar-refractivity contribution < 1.29 is 19.1 Å². The summed E-state index contributed by atoms with van der Waals surface area (Å²) in [6.07, 6.45) is 4.71. The molecule has 0 aliphatic carbocycles. The van der Waals surface area contributed by atoms with E-state index in [9.17, 15) is 14.4 Å². The number of carbonyl (C=O) groups is 3. The van der Waals surface area contributed by atoms with E-state index in [0.717, 1.165) is 5.56 Å². The molecule has 0 spiro atoms. The third-order valence-electron chi connectivity index (χ3n) is 4.63. The zero-order valence-corrected chi connectivity index (χ0v) is 16.0. The Morgan fingerprint density at radius 2 is 2.07 bits per heavy atom. The van der Waals surface area contributed by atoms with E-state index in [2.05, 4.69) is 10.3 Å². The van der Waals surface area contributed by atoms with Crippen LogP contribution in [0.2, 0.25) is 0 Å². The molecule has 2 heterocycles. The van der Waals surface area contributed by atoms with Crippen LogP contribution in [0.25, 0.3) is 0 Å². The molecule has 2 rings (SSSR count). The second-order valence-electron chi connectivity index (χ2n) is 6.52. The molecule has 1 N–H and O–H groups in total. The number of carbonyl (C=O) groups excluding carboxylic acids is 3. The van der Waals surface area contributed by atoms with Crippen molar-refractivity contribution in [1.82, 2.24) is 20.1 Å². The molecule has 3 amide bonds. The van der Waals surface area contributed by atoms with Gasteiger partial charge in [-0.15, -0.1) is 0 Å². The minimum absolute atomic E-state index is 0.0410. The molecule has 1 aliphatic rings. The Balaban J connectivity index is 1.77. The number of nitrogens with one attached hydrogen (secondary N) is 1. The molecule has 8 heteroatoms. The lowest BCUT2D eigenvalue weighted by Crippen LogP contribution is -2.49. The van der Waals surface area contributed by atoms with Crippen LogP contribution in [0.4, 0.5) is 4.79 Å². The molecule has 8 nitrogen and oxygen atoms in total.